The van der Waals surface area contributed by atoms with Crippen LogP contribution in [0.3, 0.4) is 0 Å². The number of pyridine rings is 1. The van der Waals surface area contributed by atoms with Crippen LogP contribution in [0.4, 0.5) is 0 Å². The summed E-state index contributed by atoms with van der Waals surface area (Å²) in [6.45, 7) is 6.07. The highest BCUT2D eigenvalue weighted by Gasteiger charge is 2.16. The van der Waals surface area contributed by atoms with Crippen molar-refractivity contribution in [2.24, 2.45) is 5.41 Å². The molecular weight excluding hydrogens is 224 g/mol. The van der Waals surface area contributed by atoms with Gasteiger partial charge in [0.1, 0.15) is 0 Å². The second-order valence-electron chi connectivity index (χ2n) is 4.71. The number of aliphatic hydroxyl groups is 1. The van der Waals surface area contributed by atoms with E-state index in [-0.39, 0.29) is 12.0 Å². The average Bonchev–Trinajstić information content (AvgIpc) is 2.20. The van der Waals surface area contributed by atoms with E-state index in [0.29, 0.717) is 5.02 Å². The molecule has 0 saturated heterocycles. The van der Waals surface area contributed by atoms with Gasteiger partial charge in [0.25, 0.3) is 0 Å². The summed E-state index contributed by atoms with van der Waals surface area (Å²) in [5, 5.41) is 12.9. The Balaban J connectivity index is 2.39. The van der Waals surface area contributed by atoms with Crippen LogP contribution in [-0.4, -0.2) is 23.2 Å². The van der Waals surface area contributed by atoms with Gasteiger partial charge >= 0.3 is 0 Å². The third kappa shape index (κ3) is 4.47. The largest absolute Gasteiger partial charge is 0.396 e. The van der Waals surface area contributed by atoms with E-state index in [1.807, 2.05) is 6.07 Å². The first-order valence-corrected chi connectivity index (χ1v) is 5.83. The Morgan fingerprint density at radius 2 is 2.25 bits per heavy atom. The van der Waals surface area contributed by atoms with Gasteiger partial charge in [0.05, 0.1) is 5.02 Å². The minimum absolute atomic E-state index is 0.105. The first-order chi connectivity index (χ1) is 7.55. The molecule has 0 bridgehead atoms. The summed E-state index contributed by atoms with van der Waals surface area (Å²) < 4.78 is 0. The average molecular weight is 243 g/mol. The maximum atomic E-state index is 8.91. The van der Waals surface area contributed by atoms with Gasteiger partial charge in [-0.25, -0.2) is 0 Å². The molecule has 3 nitrogen and oxygen atoms in total. The fourth-order valence-corrected chi connectivity index (χ4v) is 1.66. The maximum Gasteiger partial charge on any atom is 0.0634 e. The van der Waals surface area contributed by atoms with E-state index in [2.05, 4.69) is 24.1 Å². The lowest BCUT2D eigenvalue weighted by Gasteiger charge is -2.24. The lowest BCUT2D eigenvalue weighted by molar-refractivity contribution is 0.207. The van der Waals surface area contributed by atoms with Gasteiger partial charge in [-0.2, -0.15) is 0 Å². The smallest absolute Gasteiger partial charge is 0.0634 e. The number of hydrogen-bond acceptors (Lipinski definition) is 3. The molecule has 0 unspecified atom stereocenters. The molecule has 1 rings (SSSR count). The quantitative estimate of drug-likeness (QED) is 0.804. The van der Waals surface area contributed by atoms with Gasteiger partial charge in [0.2, 0.25) is 0 Å². The minimum atomic E-state index is 0.105. The molecule has 4 heteroatoms. The Hall–Kier alpha value is -0.640. The fraction of sp³-hybridized carbons (Fsp3) is 0.583. The van der Waals surface area contributed by atoms with E-state index in [1.165, 1.54) is 0 Å². The summed E-state index contributed by atoms with van der Waals surface area (Å²) in [6, 6.07) is 1.91. The van der Waals surface area contributed by atoms with E-state index in [0.717, 1.165) is 25.1 Å². The van der Waals surface area contributed by atoms with Crippen LogP contribution in [0.25, 0.3) is 0 Å². The standard InChI is InChI=1S/C12H19ClN2O/c1-12(2,4-6-16)9-15-7-10-3-5-14-8-11(10)13/h3,5,8,15-16H,4,6-7,9H2,1-2H3. The monoisotopic (exact) mass is 242 g/mol. The third-order valence-corrected chi connectivity index (χ3v) is 2.90. The Bertz CT molecular complexity index is 329. The highest BCUT2D eigenvalue weighted by atomic mass is 35.5. The second-order valence-corrected chi connectivity index (χ2v) is 5.12. The molecule has 0 radical (unpaired) electrons. The van der Waals surface area contributed by atoms with Crippen molar-refractivity contribution >= 4 is 11.6 Å². The van der Waals surface area contributed by atoms with E-state index < -0.39 is 0 Å². The molecule has 0 spiro atoms. The van der Waals surface area contributed by atoms with Crippen molar-refractivity contribution in [3.63, 3.8) is 0 Å². The van der Waals surface area contributed by atoms with Crippen LogP contribution in [0.5, 0.6) is 0 Å². The Kier molecular flexibility index (Phi) is 5.19. The molecular formula is C12H19ClN2O. The van der Waals surface area contributed by atoms with Crippen molar-refractivity contribution in [1.82, 2.24) is 10.3 Å². The number of hydrogen-bond donors (Lipinski definition) is 2. The van der Waals surface area contributed by atoms with E-state index in [4.69, 9.17) is 16.7 Å². The normalized spacial score (nSPS) is 11.8. The predicted molar refractivity (Wildman–Crippen MR) is 66.4 cm³/mol. The SMILES string of the molecule is CC(C)(CCO)CNCc1ccncc1Cl. The molecule has 0 aromatic carbocycles. The van der Waals surface area contributed by atoms with Crippen LogP contribution in [0.1, 0.15) is 25.8 Å². The zero-order chi connectivity index (χ0) is 12.0. The van der Waals surface area contributed by atoms with Crippen LogP contribution in [0.15, 0.2) is 18.5 Å². The topological polar surface area (TPSA) is 45.1 Å². The molecule has 2 N–H and O–H groups in total. The fourth-order valence-electron chi connectivity index (χ4n) is 1.47. The molecule has 90 valence electrons. The van der Waals surface area contributed by atoms with Crippen LogP contribution in [0.2, 0.25) is 5.02 Å². The highest BCUT2D eigenvalue weighted by molar-refractivity contribution is 6.31. The molecule has 0 fully saturated rings. The predicted octanol–water partition coefficient (Wildman–Crippen LogP) is 2.23. The summed E-state index contributed by atoms with van der Waals surface area (Å²) in [5.74, 6) is 0. The third-order valence-electron chi connectivity index (χ3n) is 2.56. The van der Waals surface area contributed by atoms with Crippen molar-refractivity contribution in [1.29, 1.82) is 0 Å². The van der Waals surface area contributed by atoms with Crippen molar-refractivity contribution in [2.75, 3.05) is 13.2 Å². The van der Waals surface area contributed by atoms with Crippen molar-refractivity contribution in [3.05, 3.63) is 29.0 Å². The zero-order valence-electron chi connectivity index (χ0n) is 9.83. The molecule has 1 heterocycles. The minimum Gasteiger partial charge on any atom is -0.396 e. The van der Waals surface area contributed by atoms with Gasteiger partial charge in [-0.3, -0.25) is 4.98 Å². The first-order valence-electron chi connectivity index (χ1n) is 5.45. The summed E-state index contributed by atoms with van der Waals surface area (Å²) in [7, 11) is 0. The number of aliphatic hydroxyl groups excluding tert-OH is 1. The Labute approximate surface area is 102 Å². The highest BCUT2D eigenvalue weighted by Crippen LogP contribution is 2.19. The summed E-state index contributed by atoms with van der Waals surface area (Å²) in [6.07, 6.45) is 4.18. The van der Waals surface area contributed by atoms with Crippen LogP contribution >= 0.6 is 11.6 Å². The zero-order valence-corrected chi connectivity index (χ0v) is 10.6. The summed E-state index contributed by atoms with van der Waals surface area (Å²) in [5.41, 5.74) is 1.16. The van der Waals surface area contributed by atoms with E-state index >= 15 is 0 Å². The summed E-state index contributed by atoms with van der Waals surface area (Å²) in [4.78, 5) is 3.94. The van der Waals surface area contributed by atoms with Crippen LogP contribution in [-0.2, 0) is 6.54 Å². The molecule has 1 aromatic heterocycles. The lowest BCUT2D eigenvalue weighted by Crippen LogP contribution is -2.29. The Morgan fingerprint density at radius 1 is 1.50 bits per heavy atom. The molecule has 1 aromatic rings. The molecule has 0 saturated carbocycles. The molecule has 0 amide bonds. The molecule has 0 aliphatic heterocycles. The first kappa shape index (κ1) is 13.4. The van der Waals surface area contributed by atoms with Crippen LogP contribution in [0, 0.1) is 5.41 Å². The van der Waals surface area contributed by atoms with Crippen LogP contribution < -0.4 is 5.32 Å². The van der Waals surface area contributed by atoms with Crippen molar-refractivity contribution < 1.29 is 5.11 Å². The number of nitrogens with zero attached hydrogens (tertiary/aromatic N) is 1. The molecule has 0 atom stereocenters. The second kappa shape index (κ2) is 6.18. The number of rotatable bonds is 6. The van der Waals surface area contributed by atoms with Gasteiger partial charge < -0.3 is 10.4 Å². The summed E-state index contributed by atoms with van der Waals surface area (Å²) >= 11 is 5.99. The van der Waals surface area contributed by atoms with Gasteiger partial charge in [-0.15, -0.1) is 0 Å². The molecule has 16 heavy (non-hydrogen) atoms. The number of aromatic nitrogens is 1. The maximum absolute atomic E-state index is 8.91. The van der Waals surface area contributed by atoms with Gasteiger partial charge in [-0.05, 0) is 23.5 Å². The lowest BCUT2D eigenvalue weighted by atomic mass is 9.90. The number of nitrogens with one attached hydrogen (secondary N) is 1. The molecule has 0 aliphatic rings. The van der Waals surface area contributed by atoms with E-state index in [9.17, 15) is 0 Å². The van der Waals surface area contributed by atoms with Crippen molar-refractivity contribution in [2.45, 2.75) is 26.8 Å². The van der Waals surface area contributed by atoms with Gasteiger partial charge in [0.15, 0.2) is 0 Å². The molecule has 0 aliphatic carbocycles. The van der Waals surface area contributed by atoms with Gasteiger partial charge in [0, 0.05) is 32.1 Å². The Morgan fingerprint density at radius 3 is 2.88 bits per heavy atom. The van der Waals surface area contributed by atoms with Crippen molar-refractivity contribution in [3.8, 4) is 0 Å². The number of halogens is 1. The van der Waals surface area contributed by atoms with Gasteiger partial charge in [-0.1, -0.05) is 25.4 Å². The van der Waals surface area contributed by atoms with E-state index in [1.54, 1.807) is 12.4 Å².